The molecule has 0 amide bonds. The van der Waals surface area contributed by atoms with Crippen LogP contribution >= 0.6 is 0 Å². The van der Waals surface area contributed by atoms with Crippen LogP contribution in [0.5, 0.6) is 11.5 Å². The number of rotatable bonds is 8. The fraction of sp³-hybridized carbons (Fsp3) is 0.333. The Bertz CT molecular complexity index is 704. The first kappa shape index (κ1) is 16.6. The van der Waals surface area contributed by atoms with Gasteiger partial charge in [-0.05, 0) is 31.2 Å². The molecular formula is C18H20N2O3. The Morgan fingerprint density at radius 3 is 2.61 bits per heavy atom. The number of ether oxygens (including phenoxy) is 2. The second-order valence-corrected chi connectivity index (χ2v) is 5.22. The van der Waals surface area contributed by atoms with Gasteiger partial charge in [0.1, 0.15) is 5.75 Å². The minimum Gasteiger partial charge on any atom is -0.493 e. The maximum absolute atomic E-state index is 12.2. The molecule has 1 heterocycles. The SMILES string of the molecule is CC(C#N)Cn1cccc(OCCCOc2ccccc2)c1=O. The molecule has 0 aliphatic rings. The largest absolute Gasteiger partial charge is 0.493 e. The van der Waals surface area contributed by atoms with Crippen molar-refractivity contribution < 1.29 is 9.47 Å². The van der Waals surface area contributed by atoms with E-state index in [2.05, 4.69) is 6.07 Å². The molecule has 5 heteroatoms. The van der Waals surface area contributed by atoms with Crippen LogP contribution in [0.25, 0.3) is 0 Å². The summed E-state index contributed by atoms with van der Waals surface area (Å²) in [5, 5.41) is 8.84. The summed E-state index contributed by atoms with van der Waals surface area (Å²) in [4.78, 5) is 12.2. The van der Waals surface area contributed by atoms with Gasteiger partial charge in [-0.1, -0.05) is 18.2 Å². The molecule has 5 nitrogen and oxygen atoms in total. The van der Waals surface area contributed by atoms with Crippen molar-refractivity contribution in [3.8, 4) is 17.6 Å². The Balaban J connectivity index is 1.81. The van der Waals surface area contributed by atoms with Gasteiger partial charge < -0.3 is 14.0 Å². The van der Waals surface area contributed by atoms with Gasteiger partial charge in [0.05, 0.1) is 25.2 Å². The Hall–Kier alpha value is -2.74. The molecule has 0 aliphatic heterocycles. The van der Waals surface area contributed by atoms with Crippen molar-refractivity contribution in [3.63, 3.8) is 0 Å². The minimum atomic E-state index is -0.220. The summed E-state index contributed by atoms with van der Waals surface area (Å²) in [7, 11) is 0. The molecule has 1 atom stereocenters. The summed E-state index contributed by atoms with van der Waals surface area (Å²) in [6, 6.07) is 15.1. The molecule has 0 N–H and O–H groups in total. The molecule has 0 bridgehead atoms. The van der Waals surface area contributed by atoms with E-state index in [1.54, 1.807) is 25.3 Å². The number of nitrogens with zero attached hydrogens (tertiary/aromatic N) is 2. The molecule has 120 valence electrons. The van der Waals surface area contributed by atoms with E-state index in [1.165, 1.54) is 4.57 Å². The van der Waals surface area contributed by atoms with Gasteiger partial charge in [0.25, 0.3) is 5.56 Å². The van der Waals surface area contributed by atoms with E-state index >= 15 is 0 Å². The van der Waals surface area contributed by atoms with Gasteiger partial charge in [0, 0.05) is 19.2 Å². The molecule has 1 aromatic heterocycles. The molecule has 2 aromatic rings. The average Bonchev–Trinajstić information content (AvgIpc) is 2.58. The molecule has 0 spiro atoms. The summed E-state index contributed by atoms with van der Waals surface area (Å²) in [5.41, 5.74) is -0.210. The van der Waals surface area contributed by atoms with E-state index in [0.29, 0.717) is 31.9 Å². The molecule has 1 unspecified atom stereocenters. The lowest BCUT2D eigenvalue weighted by atomic mass is 10.2. The zero-order valence-electron chi connectivity index (χ0n) is 13.1. The molecule has 2 rings (SSSR count). The fourth-order valence-electron chi connectivity index (χ4n) is 2.05. The van der Waals surface area contributed by atoms with Gasteiger partial charge in [-0.15, -0.1) is 0 Å². The summed E-state index contributed by atoms with van der Waals surface area (Å²) >= 11 is 0. The van der Waals surface area contributed by atoms with E-state index in [9.17, 15) is 4.79 Å². The fourth-order valence-corrected chi connectivity index (χ4v) is 2.05. The predicted molar refractivity (Wildman–Crippen MR) is 87.5 cm³/mol. The highest BCUT2D eigenvalue weighted by Gasteiger charge is 2.07. The van der Waals surface area contributed by atoms with Crippen LogP contribution < -0.4 is 15.0 Å². The van der Waals surface area contributed by atoms with Crippen molar-refractivity contribution in [1.29, 1.82) is 5.26 Å². The number of hydrogen-bond acceptors (Lipinski definition) is 4. The molecule has 0 saturated carbocycles. The summed E-state index contributed by atoms with van der Waals surface area (Å²) in [5.74, 6) is 0.902. The second kappa shape index (κ2) is 8.64. The first-order valence-electron chi connectivity index (χ1n) is 7.60. The number of aromatic nitrogens is 1. The Morgan fingerprint density at radius 1 is 1.13 bits per heavy atom. The van der Waals surface area contributed by atoms with Gasteiger partial charge in [0.2, 0.25) is 0 Å². The van der Waals surface area contributed by atoms with E-state index in [1.807, 2.05) is 30.3 Å². The van der Waals surface area contributed by atoms with E-state index in [-0.39, 0.29) is 11.5 Å². The Kier molecular flexibility index (Phi) is 6.25. The summed E-state index contributed by atoms with van der Waals surface area (Å²) in [6.45, 7) is 3.07. The van der Waals surface area contributed by atoms with Crippen molar-refractivity contribution in [2.75, 3.05) is 13.2 Å². The standard InChI is InChI=1S/C18H20N2O3/c1-15(13-19)14-20-10-5-9-17(18(20)21)23-12-6-11-22-16-7-3-2-4-8-16/h2-5,7-10,15H,6,11-12,14H2,1H3. The van der Waals surface area contributed by atoms with Gasteiger partial charge in [-0.2, -0.15) is 5.26 Å². The van der Waals surface area contributed by atoms with Crippen molar-refractivity contribution in [3.05, 3.63) is 59.0 Å². The summed E-state index contributed by atoms with van der Waals surface area (Å²) < 4.78 is 12.6. The van der Waals surface area contributed by atoms with E-state index in [4.69, 9.17) is 14.7 Å². The van der Waals surface area contributed by atoms with Gasteiger partial charge in [-0.3, -0.25) is 4.79 Å². The molecule has 0 aliphatic carbocycles. The lowest BCUT2D eigenvalue weighted by molar-refractivity contribution is 0.244. The highest BCUT2D eigenvalue weighted by Crippen LogP contribution is 2.09. The third kappa shape index (κ3) is 5.19. The van der Waals surface area contributed by atoms with Crippen LogP contribution in [0.3, 0.4) is 0 Å². The lowest BCUT2D eigenvalue weighted by Gasteiger charge is -2.10. The molecular weight excluding hydrogens is 292 g/mol. The van der Waals surface area contributed by atoms with Crippen LogP contribution in [0.2, 0.25) is 0 Å². The number of hydrogen-bond donors (Lipinski definition) is 0. The lowest BCUT2D eigenvalue weighted by Crippen LogP contribution is -2.24. The van der Waals surface area contributed by atoms with Gasteiger partial charge in [0.15, 0.2) is 5.75 Å². The third-order valence-corrected chi connectivity index (χ3v) is 3.23. The van der Waals surface area contributed by atoms with Crippen LogP contribution in [-0.2, 0) is 6.54 Å². The van der Waals surface area contributed by atoms with Crippen LogP contribution in [0.1, 0.15) is 13.3 Å². The highest BCUT2D eigenvalue weighted by molar-refractivity contribution is 5.21. The van der Waals surface area contributed by atoms with Crippen molar-refractivity contribution in [2.45, 2.75) is 19.9 Å². The first-order chi connectivity index (χ1) is 11.2. The van der Waals surface area contributed by atoms with Crippen molar-refractivity contribution >= 4 is 0 Å². The molecule has 0 radical (unpaired) electrons. The zero-order chi connectivity index (χ0) is 16.5. The predicted octanol–water partition coefficient (Wildman–Crippen LogP) is 2.86. The van der Waals surface area contributed by atoms with Crippen LogP contribution in [-0.4, -0.2) is 17.8 Å². The average molecular weight is 312 g/mol. The quantitative estimate of drug-likeness (QED) is 0.703. The monoisotopic (exact) mass is 312 g/mol. The number of nitriles is 1. The van der Waals surface area contributed by atoms with Crippen molar-refractivity contribution in [2.24, 2.45) is 5.92 Å². The first-order valence-corrected chi connectivity index (χ1v) is 7.60. The second-order valence-electron chi connectivity index (χ2n) is 5.22. The zero-order valence-corrected chi connectivity index (χ0v) is 13.1. The normalized spacial score (nSPS) is 11.5. The minimum absolute atomic E-state index is 0.210. The number of pyridine rings is 1. The third-order valence-electron chi connectivity index (χ3n) is 3.23. The molecule has 0 fully saturated rings. The Morgan fingerprint density at radius 2 is 1.87 bits per heavy atom. The topological polar surface area (TPSA) is 64.2 Å². The smallest absolute Gasteiger partial charge is 0.292 e. The Labute approximate surface area is 135 Å². The number of benzene rings is 1. The summed E-state index contributed by atoms with van der Waals surface area (Å²) in [6.07, 6.45) is 2.35. The van der Waals surface area contributed by atoms with Crippen LogP contribution in [0, 0.1) is 17.2 Å². The maximum atomic E-state index is 12.2. The van der Waals surface area contributed by atoms with Crippen molar-refractivity contribution in [1.82, 2.24) is 4.57 Å². The van der Waals surface area contributed by atoms with Crippen LogP contribution in [0.15, 0.2) is 53.5 Å². The van der Waals surface area contributed by atoms with Gasteiger partial charge in [-0.25, -0.2) is 0 Å². The van der Waals surface area contributed by atoms with Crippen LogP contribution in [0.4, 0.5) is 0 Å². The van der Waals surface area contributed by atoms with Gasteiger partial charge >= 0.3 is 0 Å². The molecule has 1 aromatic carbocycles. The van der Waals surface area contributed by atoms with E-state index < -0.39 is 0 Å². The maximum Gasteiger partial charge on any atom is 0.292 e. The molecule has 23 heavy (non-hydrogen) atoms. The van der Waals surface area contributed by atoms with E-state index in [0.717, 1.165) is 5.75 Å². The number of para-hydroxylation sites is 1. The highest BCUT2D eigenvalue weighted by atomic mass is 16.5. The molecule has 0 saturated heterocycles.